The van der Waals surface area contributed by atoms with Crippen LogP contribution in [0.4, 0.5) is 10.3 Å². The summed E-state index contributed by atoms with van der Waals surface area (Å²) in [6, 6.07) is 7.52. The molecule has 0 aliphatic heterocycles. The van der Waals surface area contributed by atoms with Crippen LogP contribution in [0.1, 0.15) is 36.8 Å². The van der Waals surface area contributed by atoms with E-state index in [4.69, 9.17) is 0 Å². The van der Waals surface area contributed by atoms with Crippen LogP contribution in [0.5, 0.6) is 0 Å². The fourth-order valence-electron chi connectivity index (χ4n) is 1.76. The number of carbonyl (C=O) groups excluding carboxylic acids is 1. The highest BCUT2D eigenvalue weighted by Crippen LogP contribution is 2.10. The lowest BCUT2D eigenvalue weighted by atomic mass is 10.1. The number of halogens is 1. The van der Waals surface area contributed by atoms with E-state index in [0.29, 0.717) is 12.5 Å². The molecule has 0 radical (unpaired) electrons. The number of aromatic nitrogens is 2. The summed E-state index contributed by atoms with van der Waals surface area (Å²) in [6.45, 7) is 6.26. The number of carbonyl (C=O) groups is 1. The topological polar surface area (TPSA) is 66.9 Å². The van der Waals surface area contributed by atoms with Gasteiger partial charge >= 0.3 is 0 Å². The molecule has 0 aliphatic carbocycles. The molecule has 0 unspecified atom stereocenters. The van der Waals surface area contributed by atoms with Gasteiger partial charge in [0.2, 0.25) is 5.95 Å². The molecule has 2 aromatic rings. The second-order valence-corrected chi connectivity index (χ2v) is 5.95. The maximum Gasteiger partial charge on any atom is 0.270 e. The van der Waals surface area contributed by atoms with Gasteiger partial charge in [0.15, 0.2) is 0 Å². The van der Waals surface area contributed by atoms with Gasteiger partial charge in [0.05, 0.1) is 0 Å². The summed E-state index contributed by atoms with van der Waals surface area (Å²) in [5, 5.41) is 5.86. The Morgan fingerprint density at radius 1 is 1.18 bits per heavy atom. The highest BCUT2D eigenvalue weighted by atomic mass is 19.1. The Bertz CT molecular complexity index is 650. The Morgan fingerprint density at radius 2 is 1.86 bits per heavy atom. The Morgan fingerprint density at radius 3 is 2.50 bits per heavy atom. The zero-order chi connectivity index (χ0) is 16.2. The van der Waals surface area contributed by atoms with E-state index in [2.05, 4.69) is 20.6 Å². The van der Waals surface area contributed by atoms with E-state index in [9.17, 15) is 9.18 Å². The first-order chi connectivity index (χ1) is 10.3. The van der Waals surface area contributed by atoms with E-state index < -0.39 is 0 Å². The smallest absolute Gasteiger partial charge is 0.270 e. The minimum Gasteiger partial charge on any atom is -0.350 e. The molecule has 1 aromatic heterocycles. The summed E-state index contributed by atoms with van der Waals surface area (Å²) in [5.74, 6) is -0.200. The summed E-state index contributed by atoms with van der Waals surface area (Å²) in [6.07, 6.45) is 1.54. The van der Waals surface area contributed by atoms with Crippen LogP contribution in [0, 0.1) is 5.82 Å². The molecule has 0 atom stereocenters. The summed E-state index contributed by atoms with van der Waals surface area (Å²) in [5.41, 5.74) is 0.907. The second kappa shape index (κ2) is 6.51. The standard InChI is InChI=1S/C16H19FN4O/c1-16(2,3)21-15-18-9-8-13(20-15)14(22)19-10-11-4-6-12(17)7-5-11/h4-9H,10H2,1-3H3,(H,19,22)(H,18,20,21). The van der Waals surface area contributed by atoms with Crippen LogP contribution in [0.25, 0.3) is 0 Å². The van der Waals surface area contributed by atoms with Gasteiger partial charge in [0, 0.05) is 18.3 Å². The molecule has 1 amide bonds. The maximum absolute atomic E-state index is 12.8. The molecule has 0 saturated carbocycles. The van der Waals surface area contributed by atoms with E-state index in [0.717, 1.165) is 5.56 Å². The summed E-state index contributed by atoms with van der Waals surface area (Å²) in [4.78, 5) is 20.4. The van der Waals surface area contributed by atoms with Gasteiger partial charge in [-0.3, -0.25) is 4.79 Å². The predicted octanol–water partition coefficient (Wildman–Crippen LogP) is 2.76. The third kappa shape index (κ3) is 4.80. The SMILES string of the molecule is CC(C)(C)Nc1nccc(C(=O)NCc2ccc(F)cc2)n1. The molecule has 1 heterocycles. The molecule has 0 aliphatic rings. The fourth-order valence-corrected chi connectivity index (χ4v) is 1.76. The molecule has 0 saturated heterocycles. The number of rotatable bonds is 4. The molecule has 116 valence electrons. The third-order valence-corrected chi connectivity index (χ3v) is 2.74. The van der Waals surface area contributed by atoms with Crippen molar-refractivity contribution < 1.29 is 9.18 Å². The monoisotopic (exact) mass is 302 g/mol. The van der Waals surface area contributed by atoms with E-state index in [-0.39, 0.29) is 23.0 Å². The number of nitrogens with zero attached hydrogens (tertiary/aromatic N) is 2. The highest BCUT2D eigenvalue weighted by molar-refractivity contribution is 5.92. The lowest BCUT2D eigenvalue weighted by Gasteiger charge is -2.20. The van der Waals surface area contributed by atoms with Gasteiger partial charge in [-0.05, 0) is 44.5 Å². The zero-order valence-electron chi connectivity index (χ0n) is 12.9. The van der Waals surface area contributed by atoms with Gasteiger partial charge in [-0.15, -0.1) is 0 Å². The first-order valence-electron chi connectivity index (χ1n) is 6.97. The normalized spacial score (nSPS) is 11.1. The summed E-state index contributed by atoms with van der Waals surface area (Å²) in [7, 11) is 0. The second-order valence-electron chi connectivity index (χ2n) is 5.95. The number of anilines is 1. The lowest BCUT2D eigenvalue weighted by molar-refractivity contribution is 0.0946. The van der Waals surface area contributed by atoms with Gasteiger partial charge in [0.1, 0.15) is 11.5 Å². The quantitative estimate of drug-likeness (QED) is 0.911. The van der Waals surface area contributed by atoms with Crippen molar-refractivity contribution in [2.24, 2.45) is 0 Å². The van der Waals surface area contributed by atoms with E-state index >= 15 is 0 Å². The molecule has 2 rings (SSSR count). The molecular formula is C16H19FN4O. The number of nitrogens with one attached hydrogen (secondary N) is 2. The van der Waals surface area contributed by atoms with Crippen LogP contribution in [-0.2, 0) is 6.54 Å². The van der Waals surface area contributed by atoms with Crippen molar-refractivity contribution in [1.82, 2.24) is 15.3 Å². The zero-order valence-corrected chi connectivity index (χ0v) is 12.9. The molecule has 6 heteroatoms. The third-order valence-electron chi connectivity index (χ3n) is 2.74. The molecule has 2 N–H and O–H groups in total. The fraction of sp³-hybridized carbons (Fsp3) is 0.312. The molecule has 5 nitrogen and oxygen atoms in total. The van der Waals surface area contributed by atoms with Crippen LogP contribution in [0.2, 0.25) is 0 Å². The van der Waals surface area contributed by atoms with Crippen molar-refractivity contribution >= 4 is 11.9 Å². The maximum atomic E-state index is 12.8. The molecular weight excluding hydrogens is 283 g/mol. The van der Waals surface area contributed by atoms with Gasteiger partial charge in [-0.1, -0.05) is 12.1 Å². The van der Waals surface area contributed by atoms with Crippen LogP contribution < -0.4 is 10.6 Å². The highest BCUT2D eigenvalue weighted by Gasteiger charge is 2.13. The van der Waals surface area contributed by atoms with Crippen LogP contribution in [0.15, 0.2) is 36.5 Å². The molecule has 22 heavy (non-hydrogen) atoms. The molecule has 1 aromatic carbocycles. The average molecular weight is 302 g/mol. The van der Waals surface area contributed by atoms with Crippen molar-refractivity contribution in [3.63, 3.8) is 0 Å². The average Bonchev–Trinajstić information content (AvgIpc) is 2.45. The van der Waals surface area contributed by atoms with E-state index in [1.807, 2.05) is 20.8 Å². The summed E-state index contributed by atoms with van der Waals surface area (Å²) >= 11 is 0. The first-order valence-corrected chi connectivity index (χ1v) is 6.97. The van der Waals surface area contributed by atoms with Gasteiger partial charge < -0.3 is 10.6 Å². The number of hydrogen-bond donors (Lipinski definition) is 2. The summed E-state index contributed by atoms with van der Waals surface area (Å²) < 4.78 is 12.8. The van der Waals surface area contributed by atoms with E-state index in [1.54, 1.807) is 18.2 Å². The number of hydrogen-bond acceptors (Lipinski definition) is 4. The predicted molar refractivity (Wildman–Crippen MR) is 83.0 cm³/mol. The van der Waals surface area contributed by atoms with Gasteiger partial charge in [-0.25, -0.2) is 14.4 Å². The largest absolute Gasteiger partial charge is 0.350 e. The number of amides is 1. The van der Waals surface area contributed by atoms with Crippen molar-refractivity contribution in [3.05, 3.63) is 53.6 Å². The molecule has 0 bridgehead atoms. The Labute approximate surface area is 129 Å². The first kappa shape index (κ1) is 15.9. The number of benzene rings is 1. The molecule has 0 fully saturated rings. The Balaban J connectivity index is 2.00. The van der Waals surface area contributed by atoms with Crippen LogP contribution in [-0.4, -0.2) is 21.4 Å². The minimum absolute atomic E-state index is 0.191. The molecule has 0 spiro atoms. The van der Waals surface area contributed by atoms with Crippen molar-refractivity contribution in [2.75, 3.05) is 5.32 Å². The van der Waals surface area contributed by atoms with Crippen LogP contribution in [0.3, 0.4) is 0 Å². The Hall–Kier alpha value is -2.50. The van der Waals surface area contributed by atoms with Gasteiger partial charge in [-0.2, -0.15) is 0 Å². The van der Waals surface area contributed by atoms with Crippen molar-refractivity contribution in [3.8, 4) is 0 Å². The van der Waals surface area contributed by atoms with Crippen molar-refractivity contribution in [2.45, 2.75) is 32.9 Å². The van der Waals surface area contributed by atoms with Crippen molar-refractivity contribution in [1.29, 1.82) is 0 Å². The van der Waals surface area contributed by atoms with E-state index in [1.165, 1.54) is 18.3 Å². The Kier molecular flexibility index (Phi) is 4.70. The lowest BCUT2D eigenvalue weighted by Crippen LogP contribution is -2.29. The minimum atomic E-state index is -0.302. The van der Waals surface area contributed by atoms with Gasteiger partial charge in [0.25, 0.3) is 5.91 Å². The van der Waals surface area contributed by atoms with Crippen LogP contribution >= 0.6 is 0 Å².